The van der Waals surface area contributed by atoms with Crippen LogP contribution in [0.25, 0.3) is 0 Å². The molecule has 0 aromatic carbocycles. The summed E-state index contributed by atoms with van der Waals surface area (Å²) in [4.78, 5) is 15.2. The predicted octanol–water partition coefficient (Wildman–Crippen LogP) is 1.15. The minimum Gasteiger partial charge on any atom is -0.323 e. The summed E-state index contributed by atoms with van der Waals surface area (Å²) in [6, 6.07) is 0.543. The van der Waals surface area contributed by atoms with Gasteiger partial charge in [0.15, 0.2) is 0 Å². The van der Waals surface area contributed by atoms with Crippen molar-refractivity contribution in [1.29, 1.82) is 0 Å². The van der Waals surface area contributed by atoms with Gasteiger partial charge in [-0.3, -0.25) is 0 Å². The first kappa shape index (κ1) is 8.37. The van der Waals surface area contributed by atoms with Crippen LogP contribution in [0.3, 0.4) is 0 Å². The molecule has 0 aromatic rings. The molecule has 0 unspecified atom stereocenters. The number of carbonyl (C=O) groups is 1. The number of hydrogen-bond acceptors (Lipinski definition) is 1. The lowest BCUT2D eigenvalue weighted by Crippen LogP contribution is -2.36. The molecule has 1 aliphatic rings. The molecule has 3 heteroatoms. The zero-order valence-corrected chi connectivity index (χ0v) is 7.50. The Bertz CT molecular complexity index is 156. The van der Waals surface area contributed by atoms with Gasteiger partial charge in [-0.05, 0) is 20.8 Å². The third kappa shape index (κ3) is 1.47. The van der Waals surface area contributed by atoms with Crippen LogP contribution in [0.2, 0.25) is 0 Å². The third-order valence-electron chi connectivity index (χ3n) is 2.13. The second-order valence-corrected chi connectivity index (χ2v) is 3.15. The maximum atomic E-state index is 11.4. The van der Waals surface area contributed by atoms with Gasteiger partial charge in [-0.1, -0.05) is 0 Å². The summed E-state index contributed by atoms with van der Waals surface area (Å²) in [7, 11) is 0. The Balaban J connectivity index is 2.56. The maximum Gasteiger partial charge on any atom is 0.320 e. The first-order valence-corrected chi connectivity index (χ1v) is 4.22. The van der Waals surface area contributed by atoms with Gasteiger partial charge in [-0.2, -0.15) is 0 Å². The molecule has 3 nitrogen and oxygen atoms in total. The lowest BCUT2D eigenvalue weighted by Gasteiger charge is -2.20. The molecule has 0 spiro atoms. The van der Waals surface area contributed by atoms with Gasteiger partial charge < -0.3 is 9.80 Å². The second-order valence-electron chi connectivity index (χ2n) is 3.15. The molecule has 1 rings (SSSR count). The Morgan fingerprint density at radius 2 is 2.09 bits per heavy atom. The van der Waals surface area contributed by atoms with Crippen LogP contribution >= 0.6 is 0 Å². The average molecular weight is 156 g/mol. The molecular weight excluding hydrogens is 140 g/mol. The van der Waals surface area contributed by atoms with Gasteiger partial charge >= 0.3 is 6.03 Å². The van der Waals surface area contributed by atoms with Crippen LogP contribution < -0.4 is 0 Å². The first-order chi connectivity index (χ1) is 5.16. The van der Waals surface area contributed by atoms with Crippen LogP contribution in [0.5, 0.6) is 0 Å². The van der Waals surface area contributed by atoms with Crippen LogP contribution in [-0.2, 0) is 0 Å². The Labute approximate surface area is 68.0 Å². The number of nitrogens with zero attached hydrogens (tertiary/aromatic N) is 2. The molecule has 0 bridgehead atoms. The van der Waals surface area contributed by atoms with Crippen molar-refractivity contribution in [2.45, 2.75) is 26.8 Å². The fourth-order valence-electron chi connectivity index (χ4n) is 1.37. The second kappa shape index (κ2) is 3.11. The molecular formula is C8H16N2O. The van der Waals surface area contributed by atoms with Gasteiger partial charge in [0.25, 0.3) is 0 Å². The average Bonchev–Trinajstić information content (AvgIpc) is 2.30. The largest absolute Gasteiger partial charge is 0.323 e. The lowest BCUT2D eigenvalue weighted by atomic mass is 10.3. The fraction of sp³-hybridized carbons (Fsp3) is 0.875. The van der Waals surface area contributed by atoms with E-state index in [-0.39, 0.29) is 6.03 Å². The standard InChI is InChI=1S/C8H16N2O/c1-4-9-5-6-10(7(2)3)8(9)11/h7H,4-6H2,1-3H3. The zero-order chi connectivity index (χ0) is 8.43. The zero-order valence-electron chi connectivity index (χ0n) is 7.50. The summed E-state index contributed by atoms with van der Waals surface area (Å²) in [6.45, 7) is 8.75. The quantitative estimate of drug-likeness (QED) is 0.588. The van der Waals surface area contributed by atoms with Crippen molar-refractivity contribution in [3.63, 3.8) is 0 Å². The number of urea groups is 1. The lowest BCUT2D eigenvalue weighted by molar-refractivity contribution is 0.184. The molecule has 11 heavy (non-hydrogen) atoms. The van der Waals surface area contributed by atoms with Gasteiger partial charge in [0, 0.05) is 25.7 Å². The van der Waals surface area contributed by atoms with E-state index < -0.39 is 0 Å². The van der Waals surface area contributed by atoms with E-state index in [1.165, 1.54) is 0 Å². The van der Waals surface area contributed by atoms with E-state index in [0.717, 1.165) is 19.6 Å². The van der Waals surface area contributed by atoms with E-state index in [1.807, 2.05) is 16.7 Å². The third-order valence-corrected chi connectivity index (χ3v) is 2.13. The molecule has 2 amide bonds. The van der Waals surface area contributed by atoms with Crippen molar-refractivity contribution < 1.29 is 4.79 Å². The Morgan fingerprint density at radius 3 is 2.36 bits per heavy atom. The van der Waals surface area contributed by atoms with E-state index in [9.17, 15) is 4.79 Å². The Kier molecular flexibility index (Phi) is 2.37. The highest BCUT2D eigenvalue weighted by atomic mass is 16.2. The number of likely N-dealkylation sites (N-methyl/N-ethyl adjacent to an activating group) is 1. The normalized spacial score (nSPS) is 18.7. The molecule has 0 saturated carbocycles. The Hall–Kier alpha value is -0.730. The van der Waals surface area contributed by atoms with Crippen LogP contribution in [0, 0.1) is 0 Å². The maximum absolute atomic E-state index is 11.4. The SMILES string of the molecule is CCN1CCN(C(C)C)C1=O. The highest BCUT2D eigenvalue weighted by Crippen LogP contribution is 2.10. The van der Waals surface area contributed by atoms with Gasteiger partial charge in [0.1, 0.15) is 0 Å². The summed E-state index contributed by atoms with van der Waals surface area (Å²) >= 11 is 0. The molecule has 0 atom stereocenters. The minimum atomic E-state index is 0.197. The number of carbonyl (C=O) groups excluding carboxylic acids is 1. The van der Waals surface area contributed by atoms with Crippen LogP contribution in [-0.4, -0.2) is 41.5 Å². The Morgan fingerprint density at radius 1 is 1.45 bits per heavy atom. The van der Waals surface area contributed by atoms with Gasteiger partial charge in [-0.25, -0.2) is 4.79 Å². The molecule has 0 N–H and O–H groups in total. The molecule has 1 saturated heterocycles. The summed E-state index contributed by atoms with van der Waals surface area (Å²) in [5.41, 5.74) is 0. The van der Waals surface area contributed by atoms with Gasteiger partial charge in [0.2, 0.25) is 0 Å². The topological polar surface area (TPSA) is 23.6 Å². The smallest absolute Gasteiger partial charge is 0.320 e. The van der Waals surface area contributed by atoms with E-state index in [2.05, 4.69) is 13.8 Å². The summed E-state index contributed by atoms with van der Waals surface area (Å²) in [5.74, 6) is 0. The molecule has 0 aromatic heterocycles. The van der Waals surface area contributed by atoms with Crippen molar-refractivity contribution >= 4 is 6.03 Å². The van der Waals surface area contributed by atoms with Gasteiger partial charge in [-0.15, -0.1) is 0 Å². The van der Waals surface area contributed by atoms with Crippen molar-refractivity contribution in [3.05, 3.63) is 0 Å². The van der Waals surface area contributed by atoms with Crippen molar-refractivity contribution in [2.24, 2.45) is 0 Å². The van der Waals surface area contributed by atoms with Crippen LogP contribution in [0.1, 0.15) is 20.8 Å². The van der Waals surface area contributed by atoms with Crippen molar-refractivity contribution in [3.8, 4) is 0 Å². The summed E-state index contributed by atoms with van der Waals surface area (Å²) in [5, 5.41) is 0. The predicted molar refractivity (Wildman–Crippen MR) is 44.5 cm³/mol. The highest BCUT2D eigenvalue weighted by molar-refractivity contribution is 5.76. The number of amides is 2. The molecule has 1 aliphatic heterocycles. The highest BCUT2D eigenvalue weighted by Gasteiger charge is 2.28. The summed E-state index contributed by atoms with van der Waals surface area (Å²) < 4.78 is 0. The molecule has 0 aliphatic carbocycles. The fourth-order valence-corrected chi connectivity index (χ4v) is 1.37. The first-order valence-electron chi connectivity index (χ1n) is 4.22. The van der Waals surface area contributed by atoms with E-state index in [0.29, 0.717) is 6.04 Å². The monoisotopic (exact) mass is 156 g/mol. The molecule has 1 heterocycles. The number of rotatable bonds is 2. The van der Waals surface area contributed by atoms with Crippen molar-refractivity contribution in [2.75, 3.05) is 19.6 Å². The molecule has 64 valence electrons. The van der Waals surface area contributed by atoms with Crippen LogP contribution in [0.4, 0.5) is 4.79 Å². The van der Waals surface area contributed by atoms with E-state index in [4.69, 9.17) is 0 Å². The minimum absolute atomic E-state index is 0.197. The van der Waals surface area contributed by atoms with Crippen LogP contribution in [0.15, 0.2) is 0 Å². The van der Waals surface area contributed by atoms with Crippen molar-refractivity contribution in [1.82, 2.24) is 9.80 Å². The molecule has 1 fully saturated rings. The molecule has 0 radical (unpaired) electrons. The van der Waals surface area contributed by atoms with Gasteiger partial charge in [0.05, 0.1) is 0 Å². The number of hydrogen-bond donors (Lipinski definition) is 0. The van der Waals surface area contributed by atoms with E-state index >= 15 is 0 Å². The van der Waals surface area contributed by atoms with E-state index in [1.54, 1.807) is 0 Å². The summed E-state index contributed by atoms with van der Waals surface area (Å²) in [6.07, 6.45) is 0.